The van der Waals surface area contributed by atoms with E-state index in [0.717, 1.165) is 42.2 Å². The Morgan fingerprint density at radius 2 is 1.68 bits per heavy atom. The lowest BCUT2D eigenvalue weighted by Crippen LogP contribution is -2.48. The van der Waals surface area contributed by atoms with Crippen LogP contribution in [0.5, 0.6) is 0 Å². The van der Waals surface area contributed by atoms with Crippen molar-refractivity contribution in [1.82, 2.24) is 9.80 Å². The average molecular weight is 386 g/mol. The molecule has 1 saturated carbocycles. The molecule has 2 atom stereocenters. The second kappa shape index (κ2) is 9.08. The predicted octanol–water partition coefficient (Wildman–Crippen LogP) is 3.52. The highest BCUT2D eigenvalue weighted by Gasteiger charge is 2.33. The fraction of sp³-hybridized carbons (Fsp3) is 0.652. The van der Waals surface area contributed by atoms with Gasteiger partial charge in [-0.2, -0.15) is 0 Å². The Hall–Kier alpha value is -1.88. The van der Waals surface area contributed by atoms with Gasteiger partial charge in [0, 0.05) is 18.8 Å². The minimum atomic E-state index is -0.0728. The predicted molar refractivity (Wildman–Crippen MR) is 113 cm³/mol. The maximum atomic E-state index is 12.7. The largest absolute Gasteiger partial charge is 0.341 e. The molecule has 3 rings (SSSR count). The molecule has 1 aromatic carbocycles. The van der Waals surface area contributed by atoms with Crippen molar-refractivity contribution in [3.05, 3.63) is 28.8 Å². The van der Waals surface area contributed by atoms with E-state index in [1.54, 1.807) is 0 Å². The summed E-state index contributed by atoms with van der Waals surface area (Å²) in [7, 11) is 1.85. The number of amides is 2. The molecule has 154 valence electrons. The zero-order valence-electron chi connectivity index (χ0n) is 17.9. The number of nitrogens with zero attached hydrogens (tertiary/aromatic N) is 2. The van der Waals surface area contributed by atoms with Crippen LogP contribution in [0.2, 0.25) is 0 Å². The molecule has 2 aliphatic rings. The van der Waals surface area contributed by atoms with Crippen LogP contribution in [0.4, 0.5) is 5.69 Å². The van der Waals surface area contributed by atoms with Crippen molar-refractivity contribution in [2.45, 2.75) is 52.9 Å². The molecule has 1 aromatic rings. The molecule has 5 heteroatoms. The molecule has 1 heterocycles. The number of piperidine rings is 1. The van der Waals surface area contributed by atoms with Crippen LogP contribution in [0, 0.1) is 32.6 Å². The Labute approximate surface area is 169 Å². The Morgan fingerprint density at radius 3 is 2.36 bits per heavy atom. The van der Waals surface area contributed by atoms with Gasteiger partial charge in [-0.05, 0) is 63.6 Å². The van der Waals surface area contributed by atoms with E-state index in [9.17, 15) is 9.59 Å². The van der Waals surface area contributed by atoms with Crippen LogP contribution >= 0.6 is 0 Å². The van der Waals surface area contributed by atoms with Gasteiger partial charge in [-0.25, -0.2) is 0 Å². The number of anilines is 1. The van der Waals surface area contributed by atoms with Crippen molar-refractivity contribution in [1.29, 1.82) is 0 Å². The number of likely N-dealkylation sites (tertiary alicyclic amines) is 1. The van der Waals surface area contributed by atoms with E-state index in [-0.39, 0.29) is 18.4 Å². The van der Waals surface area contributed by atoms with Crippen molar-refractivity contribution >= 4 is 17.5 Å². The van der Waals surface area contributed by atoms with Crippen molar-refractivity contribution in [2.75, 3.05) is 38.5 Å². The van der Waals surface area contributed by atoms with Gasteiger partial charge >= 0.3 is 0 Å². The van der Waals surface area contributed by atoms with Gasteiger partial charge < -0.3 is 10.2 Å². The molecule has 0 unspecified atom stereocenters. The molecule has 1 saturated heterocycles. The number of hydrogen-bond donors (Lipinski definition) is 1. The van der Waals surface area contributed by atoms with Crippen molar-refractivity contribution in [2.24, 2.45) is 11.8 Å². The summed E-state index contributed by atoms with van der Waals surface area (Å²) >= 11 is 0. The standard InChI is InChI=1S/C23H35N3O2/c1-16-11-17(2)23(18(3)12-16)24-21(27)14-25(4)15-22(28)26-10-9-19-7-5-6-8-20(19)13-26/h11-12,19-20H,5-10,13-15H2,1-4H3,(H,24,27)/t19-,20-/m1/s1. The normalized spacial score (nSPS) is 22.1. The molecule has 0 aromatic heterocycles. The van der Waals surface area contributed by atoms with Crippen LogP contribution in [0.15, 0.2) is 12.1 Å². The molecule has 0 bridgehead atoms. The third-order valence-corrected chi connectivity index (χ3v) is 6.40. The minimum absolute atomic E-state index is 0.0728. The third-order valence-electron chi connectivity index (χ3n) is 6.40. The van der Waals surface area contributed by atoms with E-state index in [4.69, 9.17) is 0 Å². The number of carbonyl (C=O) groups is 2. The van der Waals surface area contributed by atoms with Gasteiger partial charge in [0.2, 0.25) is 11.8 Å². The number of rotatable bonds is 5. The monoisotopic (exact) mass is 385 g/mol. The first-order chi connectivity index (χ1) is 13.3. The molecular weight excluding hydrogens is 350 g/mol. The summed E-state index contributed by atoms with van der Waals surface area (Å²) in [6, 6.07) is 4.15. The quantitative estimate of drug-likeness (QED) is 0.844. The Balaban J connectivity index is 1.49. The van der Waals surface area contributed by atoms with Gasteiger partial charge in [0.15, 0.2) is 0 Å². The summed E-state index contributed by atoms with van der Waals surface area (Å²) in [6.07, 6.45) is 6.41. The minimum Gasteiger partial charge on any atom is -0.341 e. The summed E-state index contributed by atoms with van der Waals surface area (Å²) in [5.41, 5.74) is 4.21. The van der Waals surface area contributed by atoms with Crippen LogP contribution in [0.1, 0.15) is 48.8 Å². The van der Waals surface area contributed by atoms with E-state index >= 15 is 0 Å². The fourth-order valence-corrected chi connectivity index (χ4v) is 5.02. The Kier molecular flexibility index (Phi) is 6.76. The van der Waals surface area contributed by atoms with Gasteiger partial charge in [-0.15, -0.1) is 0 Å². The zero-order valence-corrected chi connectivity index (χ0v) is 17.9. The van der Waals surface area contributed by atoms with E-state index in [1.807, 2.05) is 30.7 Å². The molecule has 28 heavy (non-hydrogen) atoms. The van der Waals surface area contributed by atoms with Gasteiger partial charge in [0.25, 0.3) is 0 Å². The van der Waals surface area contributed by atoms with Gasteiger partial charge in [-0.1, -0.05) is 37.0 Å². The highest BCUT2D eigenvalue weighted by atomic mass is 16.2. The highest BCUT2D eigenvalue weighted by molar-refractivity contribution is 5.94. The molecule has 5 nitrogen and oxygen atoms in total. The summed E-state index contributed by atoms with van der Waals surface area (Å²) in [4.78, 5) is 29.0. The number of nitrogens with one attached hydrogen (secondary N) is 1. The molecule has 0 spiro atoms. The van der Waals surface area contributed by atoms with Gasteiger partial charge in [0.05, 0.1) is 13.1 Å². The van der Waals surface area contributed by atoms with Crippen molar-refractivity contribution in [3.63, 3.8) is 0 Å². The number of aryl methyl sites for hydroxylation is 3. The smallest absolute Gasteiger partial charge is 0.238 e. The zero-order chi connectivity index (χ0) is 20.3. The van der Waals surface area contributed by atoms with Crippen LogP contribution in [-0.2, 0) is 9.59 Å². The molecule has 1 aliphatic carbocycles. The number of fused-ring (bicyclic) bond motifs is 1. The molecule has 2 fully saturated rings. The average Bonchev–Trinajstić information content (AvgIpc) is 2.64. The second-order valence-corrected chi connectivity index (χ2v) is 8.93. The molecule has 1 aliphatic heterocycles. The fourth-order valence-electron chi connectivity index (χ4n) is 5.02. The maximum Gasteiger partial charge on any atom is 0.238 e. The van der Waals surface area contributed by atoms with Crippen LogP contribution in [0.3, 0.4) is 0 Å². The number of carbonyl (C=O) groups excluding carboxylic acids is 2. The second-order valence-electron chi connectivity index (χ2n) is 8.93. The molecule has 1 N–H and O–H groups in total. The van der Waals surface area contributed by atoms with Crippen molar-refractivity contribution in [3.8, 4) is 0 Å². The lowest BCUT2D eigenvalue weighted by Gasteiger charge is -2.41. The number of likely N-dealkylation sites (N-methyl/N-ethyl adjacent to an activating group) is 1. The van der Waals surface area contributed by atoms with Crippen LogP contribution in [-0.4, -0.2) is 54.8 Å². The first kappa shape index (κ1) is 20.8. The summed E-state index contributed by atoms with van der Waals surface area (Å²) in [6.45, 7) is 8.39. The SMILES string of the molecule is Cc1cc(C)c(NC(=O)CN(C)CC(=O)N2CC[C@H]3CCCC[C@@H]3C2)c(C)c1. The van der Waals surface area contributed by atoms with E-state index in [1.165, 1.54) is 31.2 Å². The Morgan fingerprint density at radius 1 is 1.04 bits per heavy atom. The van der Waals surface area contributed by atoms with E-state index in [2.05, 4.69) is 24.4 Å². The maximum absolute atomic E-state index is 12.7. The molecular formula is C23H35N3O2. The number of hydrogen-bond acceptors (Lipinski definition) is 3. The summed E-state index contributed by atoms with van der Waals surface area (Å²) < 4.78 is 0. The highest BCUT2D eigenvalue weighted by Crippen LogP contribution is 2.36. The third kappa shape index (κ3) is 5.13. The Bertz CT molecular complexity index is 708. The topological polar surface area (TPSA) is 52.7 Å². The summed E-state index contributed by atoms with van der Waals surface area (Å²) in [5, 5.41) is 3.02. The van der Waals surface area contributed by atoms with E-state index in [0.29, 0.717) is 12.5 Å². The van der Waals surface area contributed by atoms with Gasteiger partial charge in [-0.3, -0.25) is 14.5 Å². The van der Waals surface area contributed by atoms with Crippen LogP contribution < -0.4 is 5.32 Å². The molecule has 0 radical (unpaired) electrons. The lowest BCUT2D eigenvalue weighted by molar-refractivity contribution is -0.135. The first-order valence-corrected chi connectivity index (χ1v) is 10.7. The summed E-state index contributed by atoms with van der Waals surface area (Å²) in [5.74, 6) is 1.59. The van der Waals surface area contributed by atoms with E-state index < -0.39 is 0 Å². The first-order valence-electron chi connectivity index (χ1n) is 10.7. The molecule has 2 amide bonds. The van der Waals surface area contributed by atoms with Crippen LogP contribution in [0.25, 0.3) is 0 Å². The lowest BCUT2D eigenvalue weighted by atomic mass is 9.75. The van der Waals surface area contributed by atoms with Crippen molar-refractivity contribution < 1.29 is 9.59 Å². The number of benzene rings is 1. The van der Waals surface area contributed by atoms with Gasteiger partial charge in [0.1, 0.15) is 0 Å².